The number of hydrogen-bond acceptors (Lipinski definition) is 4. The van der Waals surface area contributed by atoms with Gasteiger partial charge in [-0.3, -0.25) is 14.8 Å². The van der Waals surface area contributed by atoms with E-state index in [1.54, 1.807) is 11.7 Å². The monoisotopic (exact) mass is 277 g/mol. The molecule has 1 unspecified atom stereocenters. The SMILES string of the molecule is CCCc1nn(C)c(SC(C)CCl)c1[N+](=O)[O-]. The molecule has 0 N–H and O–H groups in total. The van der Waals surface area contributed by atoms with Crippen molar-refractivity contribution in [2.45, 2.75) is 37.0 Å². The summed E-state index contributed by atoms with van der Waals surface area (Å²) in [7, 11) is 1.73. The summed E-state index contributed by atoms with van der Waals surface area (Å²) < 4.78 is 1.58. The van der Waals surface area contributed by atoms with E-state index in [-0.39, 0.29) is 15.9 Å². The van der Waals surface area contributed by atoms with Gasteiger partial charge in [0.2, 0.25) is 0 Å². The van der Waals surface area contributed by atoms with Crippen molar-refractivity contribution in [1.29, 1.82) is 0 Å². The molecular weight excluding hydrogens is 262 g/mol. The molecule has 1 rings (SSSR count). The first-order valence-corrected chi connectivity index (χ1v) is 6.85. The zero-order chi connectivity index (χ0) is 13.0. The summed E-state index contributed by atoms with van der Waals surface area (Å²) in [6.45, 7) is 3.92. The van der Waals surface area contributed by atoms with Gasteiger partial charge in [0.15, 0.2) is 5.03 Å². The molecule has 0 aliphatic heterocycles. The second-order valence-corrected chi connectivity index (χ2v) is 5.55. The molecule has 7 heteroatoms. The van der Waals surface area contributed by atoms with E-state index in [1.807, 2.05) is 13.8 Å². The third kappa shape index (κ3) is 3.35. The first kappa shape index (κ1) is 14.3. The van der Waals surface area contributed by atoms with E-state index in [9.17, 15) is 10.1 Å². The Bertz CT molecular complexity index is 409. The van der Waals surface area contributed by atoms with E-state index in [0.29, 0.717) is 23.0 Å². The number of hydrogen-bond donors (Lipinski definition) is 0. The van der Waals surface area contributed by atoms with Gasteiger partial charge in [-0.15, -0.1) is 11.6 Å². The first-order valence-electron chi connectivity index (χ1n) is 5.44. The summed E-state index contributed by atoms with van der Waals surface area (Å²) in [5.41, 5.74) is 0.695. The van der Waals surface area contributed by atoms with Gasteiger partial charge in [-0.2, -0.15) is 5.10 Å². The van der Waals surface area contributed by atoms with E-state index in [1.165, 1.54) is 11.8 Å². The average molecular weight is 278 g/mol. The van der Waals surface area contributed by atoms with Gasteiger partial charge in [0.1, 0.15) is 5.69 Å². The van der Waals surface area contributed by atoms with Crippen LogP contribution in [0.15, 0.2) is 5.03 Å². The number of nitrogens with zero attached hydrogens (tertiary/aromatic N) is 3. The van der Waals surface area contributed by atoms with Crippen LogP contribution in [0, 0.1) is 10.1 Å². The van der Waals surface area contributed by atoms with Crippen molar-refractivity contribution in [3.8, 4) is 0 Å². The lowest BCUT2D eigenvalue weighted by atomic mass is 10.2. The van der Waals surface area contributed by atoms with Crippen LogP contribution in [0.25, 0.3) is 0 Å². The molecule has 0 radical (unpaired) electrons. The molecule has 0 aliphatic rings. The lowest BCUT2D eigenvalue weighted by molar-refractivity contribution is -0.388. The Kier molecular flexibility index (Phi) is 5.27. The number of aryl methyl sites for hydroxylation is 2. The third-order valence-corrected chi connectivity index (χ3v) is 4.14. The molecule has 17 heavy (non-hydrogen) atoms. The topological polar surface area (TPSA) is 61.0 Å². The number of rotatable bonds is 6. The Morgan fingerprint density at radius 2 is 2.29 bits per heavy atom. The minimum absolute atomic E-state index is 0.125. The highest BCUT2D eigenvalue weighted by Crippen LogP contribution is 2.35. The molecule has 0 saturated carbocycles. The van der Waals surface area contributed by atoms with Crippen LogP contribution in [0.4, 0.5) is 5.69 Å². The van der Waals surface area contributed by atoms with Crippen molar-refractivity contribution in [1.82, 2.24) is 9.78 Å². The van der Waals surface area contributed by atoms with Crippen LogP contribution in [0.5, 0.6) is 0 Å². The number of alkyl halides is 1. The van der Waals surface area contributed by atoms with Gasteiger partial charge < -0.3 is 0 Å². The number of thioether (sulfide) groups is 1. The molecule has 0 saturated heterocycles. The van der Waals surface area contributed by atoms with E-state index in [0.717, 1.165) is 6.42 Å². The molecule has 0 spiro atoms. The molecule has 0 amide bonds. The zero-order valence-corrected chi connectivity index (χ0v) is 11.7. The van der Waals surface area contributed by atoms with E-state index in [2.05, 4.69) is 5.10 Å². The Morgan fingerprint density at radius 3 is 2.76 bits per heavy atom. The number of aromatic nitrogens is 2. The molecule has 1 aromatic rings. The minimum atomic E-state index is -0.346. The highest BCUT2D eigenvalue weighted by atomic mass is 35.5. The van der Waals surface area contributed by atoms with Crippen LogP contribution in [0.1, 0.15) is 26.0 Å². The van der Waals surface area contributed by atoms with Gasteiger partial charge >= 0.3 is 5.69 Å². The third-order valence-electron chi connectivity index (χ3n) is 2.24. The van der Waals surface area contributed by atoms with E-state index >= 15 is 0 Å². The average Bonchev–Trinajstić information content (AvgIpc) is 2.56. The standard InChI is InChI=1S/C10H16ClN3O2S/c1-4-5-8-9(14(15)16)10(13(3)12-8)17-7(2)6-11/h7H,4-6H2,1-3H3. The van der Waals surface area contributed by atoms with Crippen LogP contribution < -0.4 is 0 Å². The summed E-state index contributed by atoms with van der Waals surface area (Å²) in [5.74, 6) is 0.454. The molecule has 0 aliphatic carbocycles. The van der Waals surface area contributed by atoms with Crippen molar-refractivity contribution < 1.29 is 4.92 Å². The van der Waals surface area contributed by atoms with Crippen molar-refractivity contribution in [2.24, 2.45) is 7.05 Å². The maximum Gasteiger partial charge on any atom is 0.323 e. The largest absolute Gasteiger partial charge is 0.323 e. The van der Waals surface area contributed by atoms with Crippen molar-refractivity contribution in [3.63, 3.8) is 0 Å². The van der Waals surface area contributed by atoms with E-state index in [4.69, 9.17) is 11.6 Å². The summed E-state index contributed by atoms with van der Waals surface area (Å²) >= 11 is 7.13. The fourth-order valence-corrected chi connectivity index (χ4v) is 2.62. The van der Waals surface area contributed by atoms with Crippen LogP contribution >= 0.6 is 23.4 Å². The molecular formula is C10H16ClN3O2S. The predicted molar refractivity (Wildman–Crippen MR) is 69.9 cm³/mol. The second-order valence-electron chi connectivity index (χ2n) is 3.81. The fourth-order valence-electron chi connectivity index (χ4n) is 1.49. The lowest BCUT2D eigenvalue weighted by Gasteiger charge is -2.06. The first-order chi connectivity index (χ1) is 8.01. The summed E-state index contributed by atoms with van der Waals surface area (Å²) in [6, 6.07) is 0. The lowest BCUT2D eigenvalue weighted by Crippen LogP contribution is -2.02. The van der Waals surface area contributed by atoms with Crippen LogP contribution in [-0.2, 0) is 13.5 Å². The highest BCUT2D eigenvalue weighted by Gasteiger charge is 2.27. The predicted octanol–water partition coefficient (Wildman–Crippen LogP) is 3.00. The molecule has 1 heterocycles. The number of halogens is 1. The molecule has 0 fully saturated rings. The summed E-state index contributed by atoms with van der Waals surface area (Å²) in [6.07, 6.45) is 1.47. The smallest absolute Gasteiger partial charge is 0.258 e. The van der Waals surface area contributed by atoms with Crippen LogP contribution in [0.2, 0.25) is 0 Å². The van der Waals surface area contributed by atoms with Gasteiger partial charge in [0.25, 0.3) is 0 Å². The maximum atomic E-state index is 11.1. The Labute approximate surface area is 110 Å². The van der Waals surface area contributed by atoms with Gasteiger partial charge in [-0.25, -0.2) is 0 Å². The molecule has 0 bridgehead atoms. The normalized spacial score (nSPS) is 12.7. The second kappa shape index (κ2) is 6.26. The highest BCUT2D eigenvalue weighted by molar-refractivity contribution is 8.00. The van der Waals surface area contributed by atoms with Crippen molar-refractivity contribution in [3.05, 3.63) is 15.8 Å². The zero-order valence-electron chi connectivity index (χ0n) is 10.1. The fraction of sp³-hybridized carbons (Fsp3) is 0.700. The summed E-state index contributed by atoms with van der Waals surface area (Å²) in [5, 5.41) is 16.0. The van der Waals surface area contributed by atoms with Gasteiger partial charge in [0, 0.05) is 18.2 Å². The summed E-state index contributed by atoms with van der Waals surface area (Å²) in [4.78, 5) is 10.8. The molecule has 1 aromatic heterocycles. The van der Waals surface area contributed by atoms with Gasteiger partial charge in [-0.05, 0) is 6.42 Å². The van der Waals surface area contributed by atoms with Crippen molar-refractivity contribution in [2.75, 3.05) is 5.88 Å². The number of nitro groups is 1. The Morgan fingerprint density at radius 1 is 1.65 bits per heavy atom. The van der Waals surface area contributed by atoms with Crippen molar-refractivity contribution >= 4 is 29.1 Å². The molecule has 0 aromatic carbocycles. The molecule has 1 atom stereocenters. The minimum Gasteiger partial charge on any atom is -0.258 e. The van der Waals surface area contributed by atoms with E-state index < -0.39 is 0 Å². The quantitative estimate of drug-likeness (QED) is 0.347. The van der Waals surface area contributed by atoms with Crippen LogP contribution in [-0.4, -0.2) is 25.8 Å². The Hall–Kier alpha value is -0.750. The van der Waals surface area contributed by atoms with Gasteiger partial charge in [0.05, 0.1) is 4.92 Å². The van der Waals surface area contributed by atoms with Crippen LogP contribution in [0.3, 0.4) is 0 Å². The maximum absolute atomic E-state index is 11.1. The molecule has 96 valence electrons. The Balaban J connectivity index is 3.13. The van der Waals surface area contributed by atoms with Gasteiger partial charge in [-0.1, -0.05) is 32.0 Å². The molecule has 5 nitrogen and oxygen atoms in total.